The van der Waals surface area contributed by atoms with Gasteiger partial charge in [-0.3, -0.25) is 9.89 Å². The zero-order chi connectivity index (χ0) is 17.6. The number of benzene rings is 1. The van der Waals surface area contributed by atoms with Crippen molar-refractivity contribution in [3.05, 3.63) is 24.0 Å². The van der Waals surface area contributed by atoms with Crippen LogP contribution < -0.4 is 14.8 Å². The van der Waals surface area contributed by atoms with Crippen LogP contribution in [-0.4, -0.2) is 47.7 Å². The second-order valence-electron chi connectivity index (χ2n) is 5.41. The Balaban J connectivity index is 1.56. The number of thioether (sulfide) groups is 1. The van der Waals surface area contributed by atoms with Crippen molar-refractivity contribution in [3.8, 4) is 11.5 Å². The molecule has 1 amide bonds. The van der Waals surface area contributed by atoms with E-state index in [1.54, 1.807) is 32.4 Å². The average Bonchev–Trinajstić information content (AvgIpc) is 3.31. The molecule has 9 heteroatoms. The van der Waals surface area contributed by atoms with E-state index < -0.39 is 0 Å². The number of aromatic nitrogens is 3. The van der Waals surface area contributed by atoms with Crippen molar-refractivity contribution in [1.29, 1.82) is 0 Å². The van der Waals surface area contributed by atoms with E-state index in [1.807, 2.05) is 0 Å². The molecule has 2 N–H and O–H groups in total. The Kier molecular flexibility index (Phi) is 5.77. The van der Waals surface area contributed by atoms with Crippen LogP contribution >= 0.6 is 11.8 Å². The zero-order valence-corrected chi connectivity index (χ0v) is 14.9. The standard InChI is InChI=1S/C16H20N4O4S/c1-22-10-5-6-12(23-2)11(8-10)17-14(21)9-25-16-18-15(19-20-16)13-4-3-7-24-13/h5-6,8,13H,3-4,7,9H2,1-2H3,(H,17,21)(H,18,19,20). The second-order valence-corrected chi connectivity index (χ2v) is 6.35. The lowest BCUT2D eigenvalue weighted by Crippen LogP contribution is -2.15. The van der Waals surface area contributed by atoms with Crippen molar-refractivity contribution in [1.82, 2.24) is 15.2 Å². The molecule has 1 aliphatic heterocycles. The monoisotopic (exact) mass is 364 g/mol. The van der Waals surface area contributed by atoms with Crippen LogP contribution in [0, 0.1) is 0 Å². The first-order valence-corrected chi connectivity index (χ1v) is 8.86. The van der Waals surface area contributed by atoms with Crippen LogP contribution in [0.25, 0.3) is 0 Å². The van der Waals surface area contributed by atoms with Crippen molar-refractivity contribution < 1.29 is 19.0 Å². The van der Waals surface area contributed by atoms with E-state index >= 15 is 0 Å². The van der Waals surface area contributed by atoms with Gasteiger partial charge < -0.3 is 19.5 Å². The molecule has 25 heavy (non-hydrogen) atoms. The molecule has 0 bridgehead atoms. The SMILES string of the molecule is COc1ccc(OC)c(NC(=O)CSc2n[nH]c(C3CCCO3)n2)c1. The summed E-state index contributed by atoms with van der Waals surface area (Å²) in [4.78, 5) is 16.6. The minimum atomic E-state index is -0.181. The summed E-state index contributed by atoms with van der Waals surface area (Å²) >= 11 is 1.26. The van der Waals surface area contributed by atoms with Crippen LogP contribution in [0.1, 0.15) is 24.8 Å². The number of hydrogen-bond donors (Lipinski definition) is 2. The molecule has 1 fully saturated rings. The highest BCUT2D eigenvalue weighted by molar-refractivity contribution is 7.99. The van der Waals surface area contributed by atoms with Crippen molar-refractivity contribution in [2.45, 2.75) is 24.1 Å². The maximum absolute atomic E-state index is 12.2. The van der Waals surface area contributed by atoms with Gasteiger partial charge in [0, 0.05) is 12.7 Å². The van der Waals surface area contributed by atoms with Crippen LogP contribution in [0.3, 0.4) is 0 Å². The second kappa shape index (κ2) is 8.21. The third kappa shape index (κ3) is 4.43. The molecule has 2 heterocycles. The fraction of sp³-hybridized carbons (Fsp3) is 0.438. The number of nitrogens with zero attached hydrogens (tertiary/aromatic N) is 2. The summed E-state index contributed by atoms with van der Waals surface area (Å²) in [6.07, 6.45) is 1.95. The molecule has 1 saturated heterocycles. The van der Waals surface area contributed by atoms with Gasteiger partial charge >= 0.3 is 0 Å². The fourth-order valence-corrected chi connectivity index (χ4v) is 3.09. The Morgan fingerprint density at radius 1 is 1.44 bits per heavy atom. The molecule has 1 aromatic carbocycles. The molecule has 0 radical (unpaired) electrons. The number of hydrogen-bond acceptors (Lipinski definition) is 7. The van der Waals surface area contributed by atoms with E-state index in [0.29, 0.717) is 22.3 Å². The number of H-pyrrole nitrogens is 1. The number of methoxy groups -OCH3 is 2. The zero-order valence-electron chi connectivity index (χ0n) is 14.1. The minimum absolute atomic E-state index is 0.0169. The lowest BCUT2D eigenvalue weighted by Gasteiger charge is -2.11. The topological polar surface area (TPSA) is 98.4 Å². The number of carbonyl (C=O) groups excluding carboxylic acids is 1. The highest BCUT2D eigenvalue weighted by Gasteiger charge is 2.21. The Labute approximate surface area is 149 Å². The molecular weight excluding hydrogens is 344 g/mol. The Hall–Kier alpha value is -2.26. The number of amides is 1. The van der Waals surface area contributed by atoms with E-state index in [4.69, 9.17) is 14.2 Å². The highest BCUT2D eigenvalue weighted by atomic mass is 32.2. The maximum atomic E-state index is 12.2. The van der Waals surface area contributed by atoms with Gasteiger partial charge in [0.15, 0.2) is 5.82 Å². The first-order chi connectivity index (χ1) is 12.2. The van der Waals surface area contributed by atoms with Gasteiger partial charge in [0.1, 0.15) is 17.6 Å². The molecule has 134 valence electrons. The summed E-state index contributed by atoms with van der Waals surface area (Å²) in [5.74, 6) is 1.93. The third-order valence-corrected chi connectivity index (χ3v) is 4.58. The van der Waals surface area contributed by atoms with Gasteiger partial charge in [0.2, 0.25) is 11.1 Å². The highest BCUT2D eigenvalue weighted by Crippen LogP contribution is 2.29. The normalized spacial score (nSPS) is 16.6. The summed E-state index contributed by atoms with van der Waals surface area (Å²) < 4.78 is 16.0. The maximum Gasteiger partial charge on any atom is 0.234 e. The van der Waals surface area contributed by atoms with Gasteiger partial charge in [-0.2, -0.15) is 0 Å². The first kappa shape index (κ1) is 17.6. The third-order valence-electron chi connectivity index (χ3n) is 3.73. The van der Waals surface area contributed by atoms with Gasteiger partial charge in [-0.15, -0.1) is 5.10 Å². The molecular formula is C16H20N4O4S. The number of nitrogens with one attached hydrogen (secondary N) is 2. The van der Waals surface area contributed by atoms with Crippen LogP contribution in [0.2, 0.25) is 0 Å². The molecule has 1 unspecified atom stereocenters. The number of anilines is 1. The van der Waals surface area contributed by atoms with Gasteiger partial charge in [-0.25, -0.2) is 4.98 Å². The van der Waals surface area contributed by atoms with E-state index in [0.717, 1.165) is 25.3 Å². The number of aromatic amines is 1. The summed E-state index contributed by atoms with van der Waals surface area (Å²) in [6, 6.07) is 5.22. The molecule has 0 saturated carbocycles. The van der Waals surface area contributed by atoms with E-state index in [9.17, 15) is 4.79 Å². The Bertz CT molecular complexity index is 731. The van der Waals surface area contributed by atoms with Crippen molar-refractivity contribution in [3.63, 3.8) is 0 Å². The van der Waals surface area contributed by atoms with Crippen LogP contribution in [-0.2, 0) is 9.53 Å². The summed E-state index contributed by atoms with van der Waals surface area (Å²) in [5.41, 5.74) is 0.558. The average molecular weight is 364 g/mol. The predicted octanol–water partition coefficient (Wildman–Crippen LogP) is 2.40. The molecule has 0 spiro atoms. The Morgan fingerprint density at radius 2 is 2.32 bits per heavy atom. The van der Waals surface area contributed by atoms with Gasteiger partial charge in [0.05, 0.1) is 25.7 Å². The molecule has 8 nitrogen and oxygen atoms in total. The fourth-order valence-electron chi connectivity index (χ4n) is 2.49. The lowest BCUT2D eigenvalue weighted by atomic mass is 10.2. The van der Waals surface area contributed by atoms with Crippen molar-refractivity contribution >= 4 is 23.4 Å². The molecule has 1 aliphatic rings. The summed E-state index contributed by atoms with van der Waals surface area (Å²) in [7, 11) is 3.12. The number of rotatable bonds is 7. The summed E-state index contributed by atoms with van der Waals surface area (Å²) in [6.45, 7) is 0.749. The quantitative estimate of drug-likeness (QED) is 0.728. The van der Waals surface area contributed by atoms with E-state index in [1.165, 1.54) is 11.8 Å². The molecule has 3 rings (SSSR count). The largest absolute Gasteiger partial charge is 0.497 e. The minimum Gasteiger partial charge on any atom is -0.497 e. The van der Waals surface area contributed by atoms with Crippen LogP contribution in [0.5, 0.6) is 11.5 Å². The summed E-state index contributed by atoms with van der Waals surface area (Å²) in [5, 5.41) is 10.3. The smallest absolute Gasteiger partial charge is 0.234 e. The molecule has 1 aromatic heterocycles. The molecule has 1 atom stereocenters. The molecule has 0 aliphatic carbocycles. The number of ether oxygens (including phenoxy) is 3. The van der Waals surface area contributed by atoms with Crippen LogP contribution in [0.4, 0.5) is 5.69 Å². The predicted molar refractivity (Wildman–Crippen MR) is 93.2 cm³/mol. The van der Waals surface area contributed by atoms with Crippen molar-refractivity contribution in [2.24, 2.45) is 0 Å². The number of carbonyl (C=O) groups is 1. The lowest BCUT2D eigenvalue weighted by molar-refractivity contribution is -0.113. The van der Waals surface area contributed by atoms with Crippen LogP contribution in [0.15, 0.2) is 23.4 Å². The van der Waals surface area contributed by atoms with Crippen molar-refractivity contribution in [2.75, 3.05) is 31.9 Å². The van der Waals surface area contributed by atoms with E-state index in [-0.39, 0.29) is 17.8 Å². The van der Waals surface area contributed by atoms with Gasteiger partial charge in [-0.05, 0) is 25.0 Å². The molecule has 2 aromatic rings. The van der Waals surface area contributed by atoms with E-state index in [2.05, 4.69) is 20.5 Å². The Morgan fingerprint density at radius 3 is 3.04 bits per heavy atom. The van der Waals surface area contributed by atoms with Gasteiger partial charge in [0.25, 0.3) is 0 Å². The first-order valence-electron chi connectivity index (χ1n) is 7.88. The van der Waals surface area contributed by atoms with Gasteiger partial charge in [-0.1, -0.05) is 11.8 Å².